The molecule has 0 radical (unpaired) electrons. The second-order valence-corrected chi connectivity index (χ2v) is 5.74. The highest BCUT2D eigenvalue weighted by Crippen LogP contribution is 2.18. The van der Waals surface area contributed by atoms with Gasteiger partial charge >= 0.3 is 0 Å². The van der Waals surface area contributed by atoms with Gasteiger partial charge in [-0.2, -0.15) is 0 Å². The zero-order valence-corrected chi connectivity index (χ0v) is 12.8. The van der Waals surface area contributed by atoms with Gasteiger partial charge in [-0.3, -0.25) is 4.79 Å². The van der Waals surface area contributed by atoms with Gasteiger partial charge in [-0.15, -0.1) is 0 Å². The molecule has 4 heteroatoms. The second-order valence-electron chi connectivity index (χ2n) is 5.74. The van der Waals surface area contributed by atoms with Crippen LogP contribution >= 0.6 is 0 Å². The molecule has 0 atom stereocenters. The van der Waals surface area contributed by atoms with Crippen molar-refractivity contribution in [3.8, 4) is 0 Å². The second kappa shape index (κ2) is 6.10. The van der Waals surface area contributed by atoms with Crippen LogP contribution in [0, 0.1) is 6.92 Å². The standard InChI is InChI=1S/C18H21N3O/c1-14-2-8-17(9-3-14)20-10-12-21(13-11-20)18(22)15-4-6-16(19)7-5-15/h2-9H,10-13,19H2,1H3. The summed E-state index contributed by atoms with van der Waals surface area (Å²) in [5, 5.41) is 0. The third-order valence-corrected chi connectivity index (χ3v) is 4.12. The topological polar surface area (TPSA) is 49.6 Å². The number of carbonyl (C=O) groups is 1. The zero-order valence-electron chi connectivity index (χ0n) is 12.8. The maximum atomic E-state index is 12.5. The lowest BCUT2D eigenvalue weighted by molar-refractivity contribution is 0.0747. The fourth-order valence-electron chi connectivity index (χ4n) is 2.73. The molecule has 1 aliphatic rings. The van der Waals surface area contributed by atoms with Crippen LogP contribution < -0.4 is 10.6 Å². The number of hydrogen-bond donors (Lipinski definition) is 1. The van der Waals surface area contributed by atoms with Crippen LogP contribution in [-0.2, 0) is 0 Å². The quantitative estimate of drug-likeness (QED) is 0.866. The SMILES string of the molecule is Cc1ccc(N2CCN(C(=O)c3ccc(N)cc3)CC2)cc1. The van der Waals surface area contributed by atoms with Crippen LogP contribution in [0.1, 0.15) is 15.9 Å². The summed E-state index contributed by atoms with van der Waals surface area (Å²) in [4.78, 5) is 16.7. The molecular weight excluding hydrogens is 274 g/mol. The third kappa shape index (κ3) is 3.06. The summed E-state index contributed by atoms with van der Waals surface area (Å²) in [6, 6.07) is 15.7. The Balaban J connectivity index is 1.62. The molecule has 0 aliphatic carbocycles. The van der Waals surface area contributed by atoms with Crippen LogP contribution in [0.2, 0.25) is 0 Å². The molecule has 1 fully saturated rings. The largest absolute Gasteiger partial charge is 0.399 e. The lowest BCUT2D eigenvalue weighted by Gasteiger charge is -2.36. The molecule has 4 nitrogen and oxygen atoms in total. The minimum absolute atomic E-state index is 0.0866. The Bertz CT molecular complexity index is 641. The number of amides is 1. The summed E-state index contributed by atoms with van der Waals surface area (Å²) < 4.78 is 0. The molecular formula is C18H21N3O. The Labute approximate surface area is 131 Å². The summed E-state index contributed by atoms with van der Waals surface area (Å²) in [7, 11) is 0. The van der Waals surface area contributed by atoms with Crippen molar-refractivity contribution in [2.75, 3.05) is 36.8 Å². The van der Waals surface area contributed by atoms with E-state index in [2.05, 4.69) is 36.1 Å². The van der Waals surface area contributed by atoms with Crippen molar-refractivity contribution >= 4 is 17.3 Å². The van der Waals surface area contributed by atoms with Gasteiger partial charge in [-0.05, 0) is 43.3 Å². The van der Waals surface area contributed by atoms with Crippen molar-refractivity contribution in [3.05, 3.63) is 59.7 Å². The Morgan fingerprint density at radius 2 is 1.50 bits per heavy atom. The van der Waals surface area contributed by atoms with Crippen molar-refractivity contribution in [3.63, 3.8) is 0 Å². The molecule has 0 saturated carbocycles. The Morgan fingerprint density at radius 1 is 0.909 bits per heavy atom. The number of anilines is 2. The van der Waals surface area contributed by atoms with E-state index < -0.39 is 0 Å². The van der Waals surface area contributed by atoms with E-state index in [1.54, 1.807) is 24.3 Å². The van der Waals surface area contributed by atoms with Gasteiger partial charge in [0.15, 0.2) is 0 Å². The van der Waals surface area contributed by atoms with Crippen LogP contribution in [0.4, 0.5) is 11.4 Å². The molecule has 1 amide bonds. The number of aryl methyl sites for hydroxylation is 1. The highest BCUT2D eigenvalue weighted by atomic mass is 16.2. The number of hydrogen-bond acceptors (Lipinski definition) is 3. The first-order valence-corrected chi connectivity index (χ1v) is 7.60. The first-order chi connectivity index (χ1) is 10.6. The Hall–Kier alpha value is -2.49. The first kappa shape index (κ1) is 14.4. The van der Waals surface area contributed by atoms with E-state index in [1.165, 1.54) is 11.3 Å². The van der Waals surface area contributed by atoms with E-state index >= 15 is 0 Å². The normalized spacial score (nSPS) is 15.0. The van der Waals surface area contributed by atoms with E-state index in [9.17, 15) is 4.79 Å². The van der Waals surface area contributed by atoms with Gasteiger partial charge in [0.2, 0.25) is 0 Å². The van der Waals surface area contributed by atoms with E-state index in [0.29, 0.717) is 11.3 Å². The van der Waals surface area contributed by atoms with Gasteiger partial charge in [-0.1, -0.05) is 17.7 Å². The van der Waals surface area contributed by atoms with E-state index in [-0.39, 0.29) is 5.91 Å². The van der Waals surface area contributed by atoms with Crippen molar-refractivity contribution in [1.29, 1.82) is 0 Å². The van der Waals surface area contributed by atoms with E-state index in [0.717, 1.165) is 26.2 Å². The minimum atomic E-state index is 0.0866. The predicted octanol–water partition coefficient (Wildman–Crippen LogP) is 2.54. The monoisotopic (exact) mass is 295 g/mol. The van der Waals surface area contributed by atoms with Crippen LogP contribution in [0.15, 0.2) is 48.5 Å². The fourth-order valence-corrected chi connectivity index (χ4v) is 2.73. The van der Waals surface area contributed by atoms with Gasteiger partial charge < -0.3 is 15.5 Å². The minimum Gasteiger partial charge on any atom is -0.399 e. The summed E-state index contributed by atoms with van der Waals surface area (Å²) >= 11 is 0. The van der Waals surface area contributed by atoms with E-state index in [4.69, 9.17) is 5.73 Å². The summed E-state index contributed by atoms with van der Waals surface area (Å²) in [5.74, 6) is 0.0866. The number of benzene rings is 2. The van der Waals surface area contributed by atoms with E-state index in [1.807, 2.05) is 4.90 Å². The number of nitrogens with two attached hydrogens (primary N) is 1. The first-order valence-electron chi connectivity index (χ1n) is 7.60. The molecule has 2 aromatic carbocycles. The summed E-state index contributed by atoms with van der Waals surface area (Å²) in [6.07, 6.45) is 0. The lowest BCUT2D eigenvalue weighted by atomic mass is 10.1. The van der Waals surface area contributed by atoms with Crippen molar-refractivity contribution in [1.82, 2.24) is 4.90 Å². The van der Waals surface area contributed by atoms with Gasteiger partial charge in [0.1, 0.15) is 0 Å². The van der Waals surface area contributed by atoms with Crippen molar-refractivity contribution in [2.45, 2.75) is 6.92 Å². The maximum Gasteiger partial charge on any atom is 0.253 e. The molecule has 2 N–H and O–H groups in total. The molecule has 1 aliphatic heterocycles. The zero-order chi connectivity index (χ0) is 15.5. The molecule has 0 spiro atoms. The maximum absolute atomic E-state index is 12.5. The van der Waals surface area contributed by atoms with Crippen molar-refractivity contribution < 1.29 is 4.79 Å². The molecule has 1 heterocycles. The molecule has 1 saturated heterocycles. The number of nitrogen functional groups attached to an aromatic ring is 1. The number of piperazine rings is 1. The predicted molar refractivity (Wildman–Crippen MR) is 90.1 cm³/mol. The van der Waals surface area contributed by atoms with Crippen LogP contribution in [0.25, 0.3) is 0 Å². The highest BCUT2D eigenvalue weighted by Gasteiger charge is 2.22. The molecule has 0 bridgehead atoms. The highest BCUT2D eigenvalue weighted by molar-refractivity contribution is 5.94. The molecule has 2 aromatic rings. The van der Waals surface area contributed by atoms with Gasteiger partial charge in [0.25, 0.3) is 5.91 Å². The molecule has 0 aromatic heterocycles. The Kier molecular flexibility index (Phi) is 4.00. The average molecular weight is 295 g/mol. The number of nitrogens with zero attached hydrogens (tertiary/aromatic N) is 2. The molecule has 3 rings (SSSR count). The van der Waals surface area contributed by atoms with Crippen LogP contribution in [-0.4, -0.2) is 37.0 Å². The average Bonchev–Trinajstić information content (AvgIpc) is 2.56. The fraction of sp³-hybridized carbons (Fsp3) is 0.278. The summed E-state index contributed by atoms with van der Waals surface area (Å²) in [5.41, 5.74) is 9.55. The molecule has 114 valence electrons. The van der Waals surface area contributed by atoms with Gasteiger partial charge in [0.05, 0.1) is 0 Å². The number of rotatable bonds is 2. The van der Waals surface area contributed by atoms with Crippen molar-refractivity contribution in [2.24, 2.45) is 0 Å². The van der Waals surface area contributed by atoms with Crippen LogP contribution in [0.5, 0.6) is 0 Å². The lowest BCUT2D eigenvalue weighted by Crippen LogP contribution is -2.48. The molecule has 22 heavy (non-hydrogen) atoms. The Morgan fingerprint density at radius 3 is 2.09 bits per heavy atom. The van der Waals surface area contributed by atoms with Crippen LogP contribution in [0.3, 0.4) is 0 Å². The smallest absolute Gasteiger partial charge is 0.253 e. The van der Waals surface area contributed by atoms with Gasteiger partial charge in [-0.25, -0.2) is 0 Å². The van der Waals surface area contributed by atoms with Gasteiger partial charge in [0, 0.05) is 43.1 Å². The third-order valence-electron chi connectivity index (χ3n) is 4.12. The summed E-state index contributed by atoms with van der Waals surface area (Å²) in [6.45, 7) is 5.31. The molecule has 0 unspecified atom stereocenters. The number of carbonyl (C=O) groups excluding carboxylic acids is 1.